The van der Waals surface area contributed by atoms with Crippen LogP contribution in [0.25, 0.3) is 10.8 Å². The van der Waals surface area contributed by atoms with Crippen LogP contribution in [-0.2, 0) is 10.8 Å². The zero-order chi connectivity index (χ0) is 30.8. The summed E-state index contributed by atoms with van der Waals surface area (Å²) in [4.78, 5) is 0. The summed E-state index contributed by atoms with van der Waals surface area (Å²) < 4.78 is 6.50. The molecule has 1 spiro atoms. The smallest absolute Gasteiger partial charge is 0.132 e. The van der Waals surface area contributed by atoms with Crippen molar-refractivity contribution in [2.45, 2.75) is 24.7 Å². The number of fused-ring (bicyclic) bond motifs is 9. The summed E-state index contributed by atoms with van der Waals surface area (Å²) in [5, 5.41) is 20.1. The Hall–Kier alpha value is -5.54. The highest BCUT2D eigenvalue weighted by molar-refractivity contribution is 6.18. The van der Waals surface area contributed by atoms with Crippen LogP contribution >= 0.6 is 0 Å². The molecule has 45 heavy (non-hydrogen) atoms. The maximum absolute atomic E-state index is 9.11. The van der Waals surface area contributed by atoms with E-state index in [4.69, 9.17) is 15.6 Å². The second-order valence-electron chi connectivity index (χ2n) is 12.5. The van der Waals surface area contributed by atoms with Gasteiger partial charge in [-0.1, -0.05) is 129 Å². The summed E-state index contributed by atoms with van der Waals surface area (Å²) in [6.07, 6.45) is 3.50. The normalized spacial score (nSPS) is 15.1. The quantitative estimate of drug-likeness (QED) is 0.200. The van der Waals surface area contributed by atoms with Gasteiger partial charge < -0.3 is 15.6 Å². The average molecular weight is 581 g/mol. The summed E-state index contributed by atoms with van der Waals surface area (Å²) >= 11 is 0. The molecule has 1 heterocycles. The minimum absolute atomic E-state index is 0.310. The fraction of sp³-hybridized carbons (Fsp3) is 0.0952. The van der Waals surface area contributed by atoms with Gasteiger partial charge >= 0.3 is 0 Å². The Morgan fingerprint density at radius 1 is 0.533 bits per heavy atom. The zero-order valence-electron chi connectivity index (χ0n) is 25.3. The lowest BCUT2D eigenvalue weighted by atomic mass is 9.53. The third-order valence-corrected chi connectivity index (χ3v) is 9.71. The molecule has 0 aromatic heterocycles. The van der Waals surface area contributed by atoms with Crippen molar-refractivity contribution in [1.29, 1.82) is 10.8 Å². The van der Waals surface area contributed by atoms with Crippen LogP contribution in [0.4, 0.5) is 0 Å². The third kappa shape index (κ3) is 3.90. The first-order valence-electron chi connectivity index (χ1n) is 15.4. The number of hydrogen-bond donors (Lipinski definition) is 2. The second-order valence-corrected chi connectivity index (χ2v) is 12.5. The molecule has 3 heteroatoms. The third-order valence-electron chi connectivity index (χ3n) is 9.71. The summed E-state index contributed by atoms with van der Waals surface area (Å²) in [6.45, 7) is 4.57. The number of ether oxygens (including phenoxy) is 1. The number of benzene rings is 6. The van der Waals surface area contributed by atoms with E-state index in [1.165, 1.54) is 22.3 Å². The Kier molecular flexibility index (Phi) is 6.01. The molecule has 2 aliphatic rings. The Bertz CT molecular complexity index is 2170. The van der Waals surface area contributed by atoms with Crippen LogP contribution in [0.1, 0.15) is 58.4 Å². The van der Waals surface area contributed by atoms with Crippen LogP contribution in [0.5, 0.6) is 11.5 Å². The summed E-state index contributed by atoms with van der Waals surface area (Å²) in [6, 6.07) is 46.2. The SMILES string of the molecule is CC1(C)c2ccccc2C2(c3ccccc3Oc3ccccc32)c2ccc(C(=N)/C=C\C(=N)c3cccc4ccccc34)cc21. The number of allylic oxidation sites excluding steroid dienone is 2. The van der Waals surface area contributed by atoms with Crippen LogP contribution in [0.2, 0.25) is 0 Å². The molecular formula is C42H32N2O. The maximum atomic E-state index is 9.11. The largest absolute Gasteiger partial charge is 0.457 e. The van der Waals surface area contributed by atoms with Crippen LogP contribution in [0.15, 0.2) is 146 Å². The molecule has 0 atom stereocenters. The molecule has 0 unspecified atom stereocenters. The summed E-state index contributed by atoms with van der Waals surface area (Å²) in [7, 11) is 0. The fourth-order valence-corrected chi connectivity index (χ4v) is 7.59. The van der Waals surface area contributed by atoms with Gasteiger partial charge in [0, 0.05) is 22.1 Å². The summed E-state index contributed by atoms with van der Waals surface area (Å²) in [5.74, 6) is 1.73. The van der Waals surface area contributed by atoms with Gasteiger partial charge in [-0.2, -0.15) is 0 Å². The Morgan fingerprint density at radius 3 is 1.82 bits per heavy atom. The van der Waals surface area contributed by atoms with E-state index < -0.39 is 5.41 Å². The van der Waals surface area contributed by atoms with Gasteiger partial charge in [0.1, 0.15) is 11.5 Å². The van der Waals surface area contributed by atoms with E-state index >= 15 is 0 Å². The molecule has 0 fully saturated rings. The predicted octanol–water partition coefficient (Wildman–Crippen LogP) is 9.96. The minimum atomic E-state index is -0.570. The van der Waals surface area contributed by atoms with Crippen LogP contribution < -0.4 is 4.74 Å². The van der Waals surface area contributed by atoms with Crippen molar-refractivity contribution in [1.82, 2.24) is 0 Å². The molecule has 1 aliphatic heterocycles. The molecular weight excluding hydrogens is 548 g/mol. The molecule has 216 valence electrons. The lowest BCUT2D eigenvalue weighted by Gasteiger charge is -2.50. The van der Waals surface area contributed by atoms with E-state index in [9.17, 15) is 0 Å². The molecule has 0 amide bonds. The number of rotatable bonds is 4. The highest BCUT2D eigenvalue weighted by Gasteiger charge is 2.52. The lowest BCUT2D eigenvalue weighted by Crippen LogP contribution is -2.43. The van der Waals surface area contributed by atoms with Crippen molar-refractivity contribution in [3.8, 4) is 11.5 Å². The van der Waals surface area contributed by atoms with Gasteiger partial charge in [0.05, 0.1) is 16.8 Å². The van der Waals surface area contributed by atoms with Gasteiger partial charge in [-0.15, -0.1) is 0 Å². The van der Waals surface area contributed by atoms with Crippen molar-refractivity contribution in [3.63, 3.8) is 0 Å². The second kappa shape index (κ2) is 10.0. The van der Waals surface area contributed by atoms with E-state index in [0.717, 1.165) is 44.5 Å². The average Bonchev–Trinajstić information content (AvgIpc) is 3.08. The van der Waals surface area contributed by atoms with E-state index in [0.29, 0.717) is 11.4 Å². The van der Waals surface area contributed by atoms with Crippen molar-refractivity contribution in [2.24, 2.45) is 0 Å². The molecule has 0 bridgehead atoms. The van der Waals surface area contributed by atoms with Crippen LogP contribution in [-0.4, -0.2) is 11.4 Å². The molecule has 8 rings (SSSR count). The standard InChI is InChI=1S/C42H32N2O/c1-41(2)31-16-5-6-17-32(31)42(34-18-7-9-20-39(34)45-40-21-10-8-19-35(40)42)33-23-22-28(26-36(33)41)37(43)24-25-38(44)30-15-11-13-27-12-3-4-14-29(27)30/h3-26,43-44H,1-2H3/b25-24-,43-37?,44-38?. The Morgan fingerprint density at radius 2 is 1.09 bits per heavy atom. The molecule has 1 aliphatic carbocycles. The van der Waals surface area contributed by atoms with E-state index in [2.05, 4.69) is 105 Å². The molecule has 6 aromatic carbocycles. The van der Waals surface area contributed by atoms with E-state index in [-0.39, 0.29) is 5.41 Å². The molecule has 6 aromatic rings. The Labute approximate surface area is 263 Å². The van der Waals surface area contributed by atoms with Gasteiger partial charge in [0.25, 0.3) is 0 Å². The first kappa shape index (κ1) is 27.0. The van der Waals surface area contributed by atoms with Gasteiger partial charge in [-0.05, 0) is 68.9 Å². The molecule has 2 N–H and O–H groups in total. The topological polar surface area (TPSA) is 56.9 Å². The van der Waals surface area contributed by atoms with Gasteiger partial charge in [-0.25, -0.2) is 0 Å². The van der Waals surface area contributed by atoms with Gasteiger partial charge in [-0.3, -0.25) is 0 Å². The maximum Gasteiger partial charge on any atom is 0.132 e. The molecule has 0 radical (unpaired) electrons. The van der Waals surface area contributed by atoms with Crippen molar-refractivity contribution in [2.75, 3.05) is 0 Å². The van der Waals surface area contributed by atoms with E-state index in [1.54, 1.807) is 12.2 Å². The predicted molar refractivity (Wildman–Crippen MR) is 184 cm³/mol. The highest BCUT2D eigenvalue weighted by atomic mass is 16.5. The highest BCUT2D eigenvalue weighted by Crippen LogP contribution is 2.61. The van der Waals surface area contributed by atoms with Crippen LogP contribution in [0.3, 0.4) is 0 Å². The minimum Gasteiger partial charge on any atom is -0.457 e. The van der Waals surface area contributed by atoms with Crippen molar-refractivity contribution >= 4 is 22.2 Å². The van der Waals surface area contributed by atoms with Crippen LogP contribution in [0, 0.1) is 10.8 Å². The zero-order valence-corrected chi connectivity index (χ0v) is 25.3. The van der Waals surface area contributed by atoms with E-state index in [1.807, 2.05) is 42.5 Å². The molecule has 3 nitrogen and oxygen atoms in total. The Balaban J connectivity index is 1.29. The number of hydrogen-bond acceptors (Lipinski definition) is 3. The summed E-state index contributed by atoms with van der Waals surface area (Å²) in [5.41, 5.74) is 8.74. The molecule has 0 saturated carbocycles. The number of para-hydroxylation sites is 2. The first-order chi connectivity index (χ1) is 21.9. The van der Waals surface area contributed by atoms with Crippen molar-refractivity contribution in [3.05, 3.63) is 190 Å². The molecule has 0 saturated heterocycles. The van der Waals surface area contributed by atoms with Gasteiger partial charge in [0.15, 0.2) is 0 Å². The lowest BCUT2D eigenvalue weighted by molar-refractivity contribution is 0.425. The monoisotopic (exact) mass is 580 g/mol. The fourth-order valence-electron chi connectivity index (χ4n) is 7.59. The number of nitrogens with one attached hydrogen (secondary N) is 2. The first-order valence-corrected chi connectivity index (χ1v) is 15.4. The van der Waals surface area contributed by atoms with Gasteiger partial charge in [0.2, 0.25) is 0 Å². The van der Waals surface area contributed by atoms with Crippen molar-refractivity contribution < 1.29 is 4.74 Å².